The first-order valence-corrected chi connectivity index (χ1v) is 5.53. The third-order valence-corrected chi connectivity index (χ3v) is 3.03. The molecule has 0 bridgehead atoms. The van der Waals surface area contributed by atoms with Crippen molar-refractivity contribution in [3.63, 3.8) is 0 Å². The number of benzene rings is 1. The molecule has 3 heteroatoms. The summed E-state index contributed by atoms with van der Waals surface area (Å²) in [4.78, 5) is 0. The van der Waals surface area contributed by atoms with Gasteiger partial charge in [0.15, 0.2) is 0 Å². The molecule has 1 aromatic carbocycles. The highest BCUT2D eigenvalue weighted by molar-refractivity contribution is 5.29. The van der Waals surface area contributed by atoms with E-state index in [1.807, 2.05) is 12.1 Å². The van der Waals surface area contributed by atoms with E-state index in [-0.39, 0.29) is 11.8 Å². The molecule has 1 saturated carbocycles. The van der Waals surface area contributed by atoms with Crippen molar-refractivity contribution in [3.05, 3.63) is 29.8 Å². The van der Waals surface area contributed by atoms with Gasteiger partial charge in [-0.15, -0.1) is 0 Å². The molecule has 1 fully saturated rings. The maximum atomic E-state index is 9.32. The zero-order valence-electron chi connectivity index (χ0n) is 8.82. The first-order chi connectivity index (χ1) is 7.25. The minimum atomic E-state index is -0.0299. The second kappa shape index (κ2) is 4.64. The molecule has 3 nitrogen and oxygen atoms in total. The van der Waals surface area contributed by atoms with E-state index >= 15 is 0 Å². The highest BCUT2D eigenvalue weighted by Crippen LogP contribution is 2.20. The topological polar surface area (TPSA) is 58.3 Å². The maximum absolute atomic E-state index is 9.32. The third kappa shape index (κ3) is 2.70. The van der Waals surface area contributed by atoms with Gasteiger partial charge in [0.1, 0.15) is 5.75 Å². The maximum Gasteiger partial charge on any atom is 0.115 e. The van der Waals surface area contributed by atoms with E-state index in [9.17, 15) is 5.11 Å². The van der Waals surface area contributed by atoms with Crippen LogP contribution in [0.25, 0.3) is 0 Å². The van der Waals surface area contributed by atoms with Crippen LogP contribution in [0.3, 0.4) is 0 Å². The van der Waals surface area contributed by atoms with Gasteiger partial charge in [-0.3, -0.25) is 0 Å². The molecule has 4 N–H and O–H groups in total. The van der Waals surface area contributed by atoms with E-state index in [0.29, 0.717) is 6.04 Å². The number of nitrogens with two attached hydrogens (primary N) is 1. The van der Waals surface area contributed by atoms with Crippen molar-refractivity contribution in [1.29, 1.82) is 0 Å². The van der Waals surface area contributed by atoms with E-state index in [4.69, 9.17) is 5.73 Å². The van der Waals surface area contributed by atoms with Gasteiger partial charge in [0.2, 0.25) is 0 Å². The summed E-state index contributed by atoms with van der Waals surface area (Å²) in [5, 5.41) is 12.8. The molecule has 0 saturated heterocycles. The van der Waals surface area contributed by atoms with E-state index in [1.54, 1.807) is 12.1 Å². The zero-order valence-corrected chi connectivity index (χ0v) is 8.82. The van der Waals surface area contributed by atoms with E-state index in [0.717, 1.165) is 12.1 Å². The van der Waals surface area contributed by atoms with E-state index in [2.05, 4.69) is 5.32 Å². The Bertz CT molecular complexity index is 323. The van der Waals surface area contributed by atoms with Crippen LogP contribution >= 0.6 is 0 Å². The second-order valence-corrected chi connectivity index (χ2v) is 4.24. The number of hydrogen-bond donors (Lipinski definition) is 3. The number of rotatable bonds is 4. The number of nitrogens with one attached hydrogen (secondary N) is 1. The van der Waals surface area contributed by atoms with Gasteiger partial charge >= 0.3 is 0 Å². The predicted molar refractivity (Wildman–Crippen MR) is 60.7 cm³/mol. The standard InChI is InChI=1S/C12H18N2O/c13-12(8-14-10-4-2-5-10)9-3-1-6-11(15)7-9/h1,3,6-7,10,12,14-15H,2,4-5,8,13H2. The van der Waals surface area contributed by atoms with Gasteiger partial charge in [-0.05, 0) is 30.5 Å². The van der Waals surface area contributed by atoms with Crippen LogP contribution in [0.5, 0.6) is 5.75 Å². The quantitative estimate of drug-likeness (QED) is 0.700. The summed E-state index contributed by atoms with van der Waals surface area (Å²) in [5.74, 6) is 0.284. The molecule has 15 heavy (non-hydrogen) atoms. The minimum absolute atomic E-state index is 0.0299. The molecule has 1 unspecified atom stereocenters. The van der Waals surface area contributed by atoms with Crippen molar-refractivity contribution >= 4 is 0 Å². The number of phenolic OH excluding ortho intramolecular Hbond substituents is 1. The molecule has 2 rings (SSSR count). The summed E-state index contributed by atoms with van der Waals surface area (Å²) < 4.78 is 0. The Balaban J connectivity index is 1.86. The molecule has 0 amide bonds. The molecular formula is C12H18N2O. The lowest BCUT2D eigenvalue weighted by atomic mass is 9.93. The van der Waals surface area contributed by atoms with Crippen molar-refractivity contribution in [2.24, 2.45) is 5.73 Å². The van der Waals surface area contributed by atoms with Crippen LogP contribution < -0.4 is 11.1 Å². The van der Waals surface area contributed by atoms with Crippen LogP contribution in [0.1, 0.15) is 30.9 Å². The summed E-state index contributed by atoms with van der Waals surface area (Å²) in [6, 6.07) is 7.80. The van der Waals surface area contributed by atoms with Crippen LogP contribution in [-0.4, -0.2) is 17.7 Å². The molecule has 1 atom stereocenters. The lowest BCUT2D eigenvalue weighted by Crippen LogP contribution is -2.39. The molecule has 0 aromatic heterocycles. The fourth-order valence-electron chi connectivity index (χ4n) is 1.78. The lowest BCUT2D eigenvalue weighted by molar-refractivity contribution is 0.332. The van der Waals surface area contributed by atoms with Gasteiger partial charge in [0, 0.05) is 18.6 Å². The summed E-state index contributed by atoms with van der Waals surface area (Å²) >= 11 is 0. The fourth-order valence-corrected chi connectivity index (χ4v) is 1.78. The Kier molecular flexibility index (Phi) is 3.23. The summed E-state index contributed by atoms with van der Waals surface area (Å²) in [6.07, 6.45) is 3.87. The van der Waals surface area contributed by atoms with Crippen LogP contribution in [0.4, 0.5) is 0 Å². The van der Waals surface area contributed by atoms with Gasteiger partial charge in [0.05, 0.1) is 0 Å². The Morgan fingerprint density at radius 1 is 1.47 bits per heavy atom. The summed E-state index contributed by atoms with van der Waals surface area (Å²) in [5.41, 5.74) is 7.01. The monoisotopic (exact) mass is 206 g/mol. The van der Waals surface area contributed by atoms with Crippen molar-refractivity contribution < 1.29 is 5.11 Å². The average Bonchev–Trinajstić information content (AvgIpc) is 2.15. The van der Waals surface area contributed by atoms with Gasteiger partial charge < -0.3 is 16.2 Å². The number of hydrogen-bond acceptors (Lipinski definition) is 3. The van der Waals surface area contributed by atoms with Crippen molar-refractivity contribution in [1.82, 2.24) is 5.32 Å². The predicted octanol–water partition coefficient (Wildman–Crippen LogP) is 1.53. The highest BCUT2D eigenvalue weighted by Gasteiger charge is 2.17. The Morgan fingerprint density at radius 3 is 2.87 bits per heavy atom. The highest BCUT2D eigenvalue weighted by atomic mass is 16.3. The van der Waals surface area contributed by atoms with Crippen LogP contribution in [-0.2, 0) is 0 Å². The SMILES string of the molecule is NC(CNC1CCC1)c1cccc(O)c1. The molecule has 1 aliphatic rings. The van der Waals surface area contributed by atoms with Crippen molar-refractivity contribution in [3.8, 4) is 5.75 Å². The fraction of sp³-hybridized carbons (Fsp3) is 0.500. The minimum Gasteiger partial charge on any atom is -0.508 e. The van der Waals surface area contributed by atoms with Gasteiger partial charge in [-0.25, -0.2) is 0 Å². The average molecular weight is 206 g/mol. The van der Waals surface area contributed by atoms with Gasteiger partial charge in [-0.1, -0.05) is 18.6 Å². The Morgan fingerprint density at radius 2 is 2.27 bits per heavy atom. The van der Waals surface area contributed by atoms with E-state index < -0.39 is 0 Å². The van der Waals surface area contributed by atoms with Crippen LogP contribution in [0.2, 0.25) is 0 Å². The summed E-state index contributed by atoms with van der Waals surface area (Å²) in [7, 11) is 0. The number of aromatic hydroxyl groups is 1. The van der Waals surface area contributed by atoms with E-state index in [1.165, 1.54) is 19.3 Å². The molecule has 1 aliphatic carbocycles. The lowest BCUT2D eigenvalue weighted by Gasteiger charge is -2.28. The van der Waals surface area contributed by atoms with Crippen molar-refractivity contribution in [2.75, 3.05) is 6.54 Å². The number of phenols is 1. The molecule has 0 heterocycles. The van der Waals surface area contributed by atoms with Crippen LogP contribution in [0, 0.1) is 0 Å². The molecular weight excluding hydrogens is 188 g/mol. The first kappa shape index (κ1) is 10.5. The largest absolute Gasteiger partial charge is 0.508 e. The summed E-state index contributed by atoms with van der Waals surface area (Å²) in [6.45, 7) is 0.786. The molecule has 0 radical (unpaired) electrons. The molecule has 1 aromatic rings. The normalized spacial score (nSPS) is 18.5. The second-order valence-electron chi connectivity index (χ2n) is 4.24. The third-order valence-electron chi connectivity index (χ3n) is 3.03. The zero-order chi connectivity index (χ0) is 10.7. The Labute approximate surface area is 90.3 Å². The smallest absolute Gasteiger partial charge is 0.115 e. The van der Waals surface area contributed by atoms with Gasteiger partial charge in [-0.2, -0.15) is 0 Å². The van der Waals surface area contributed by atoms with Gasteiger partial charge in [0.25, 0.3) is 0 Å². The first-order valence-electron chi connectivity index (χ1n) is 5.53. The van der Waals surface area contributed by atoms with Crippen LogP contribution in [0.15, 0.2) is 24.3 Å². The Hall–Kier alpha value is -1.06. The molecule has 0 spiro atoms. The molecule has 82 valence electrons. The van der Waals surface area contributed by atoms with Crippen molar-refractivity contribution in [2.45, 2.75) is 31.3 Å². The molecule has 0 aliphatic heterocycles.